The van der Waals surface area contributed by atoms with E-state index in [2.05, 4.69) is 0 Å². The van der Waals surface area contributed by atoms with Crippen molar-refractivity contribution in [3.8, 4) is 0 Å². The molecular weight excluding hydrogens is 364 g/mol. The smallest absolute Gasteiger partial charge is 0.324 e. The van der Waals surface area contributed by atoms with Crippen molar-refractivity contribution >= 4 is 23.7 Å². The molecule has 0 amide bonds. The fourth-order valence-corrected chi connectivity index (χ4v) is 6.71. The number of methoxy groups -OCH3 is 2. The Morgan fingerprint density at radius 1 is 0.786 bits per heavy atom. The van der Waals surface area contributed by atoms with Gasteiger partial charge in [-0.05, 0) is 51.4 Å². The summed E-state index contributed by atoms with van der Waals surface area (Å²) in [6, 6.07) is -0.750. The minimum atomic E-state index is -1.00. The van der Waals surface area contributed by atoms with Gasteiger partial charge in [-0.25, -0.2) is 9.98 Å². The zero-order chi connectivity index (χ0) is 20.2. The Morgan fingerprint density at radius 3 is 1.43 bits per heavy atom. The van der Waals surface area contributed by atoms with Crippen LogP contribution < -0.4 is 0 Å². The molecule has 5 aliphatic rings. The first-order valence-corrected chi connectivity index (χ1v) is 9.94. The summed E-state index contributed by atoms with van der Waals surface area (Å²) in [6.45, 7) is 7.30. The normalized spacial score (nSPS) is 45.7. The maximum Gasteiger partial charge on any atom is 0.324 e. The third-order valence-electron chi connectivity index (χ3n) is 7.34. The minimum absolute atomic E-state index is 0.0494. The van der Waals surface area contributed by atoms with Gasteiger partial charge in [-0.15, -0.1) is 0 Å². The van der Waals surface area contributed by atoms with Crippen molar-refractivity contribution < 1.29 is 28.5 Å². The number of carbonyl (C=O) groups excluding carboxylic acids is 2. The molecule has 28 heavy (non-hydrogen) atoms. The molecule has 5 rings (SSSR count). The van der Waals surface area contributed by atoms with Gasteiger partial charge in [0.25, 0.3) is 0 Å². The fourth-order valence-electron chi connectivity index (χ4n) is 6.71. The number of aliphatic imine (C=N–C) groups is 2. The molecule has 3 saturated carbocycles. The van der Waals surface area contributed by atoms with E-state index in [1.54, 1.807) is 0 Å². The molecule has 152 valence electrons. The molecular formula is C20H26N2O6. The molecule has 0 aromatic heterocycles. The van der Waals surface area contributed by atoms with Crippen LogP contribution in [0.15, 0.2) is 9.98 Å². The van der Waals surface area contributed by atoms with Gasteiger partial charge in [0.2, 0.25) is 11.8 Å². The highest BCUT2D eigenvalue weighted by Crippen LogP contribution is 2.84. The lowest BCUT2D eigenvalue weighted by molar-refractivity contribution is -0.317. The van der Waals surface area contributed by atoms with Crippen molar-refractivity contribution in [3.63, 3.8) is 0 Å². The van der Waals surface area contributed by atoms with Gasteiger partial charge in [-0.2, -0.15) is 0 Å². The van der Waals surface area contributed by atoms with E-state index in [1.165, 1.54) is 14.2 Å². The number of rotatable bonds is 4. The van der Waals surface area contributed by atoms with Gasteiger partial charge < -0.3 is 18.9 Å². The van der Waals surface area contributed by atoms with E-state index in [-0.39, 0.29) is 59.9 Å². The highest BCUT2D eigenvalue weighted by atomic mass is 16.6. The Bertz CT molecular complexity index is 759. The number of ether oxygens (including phenoxy) is 4. The van der Waals surface area contributed by atoms with E-state index in [0.717, 1.165) is 0 Å². The molecule has 3 fully saturated rings. The molecule has 2 aliphatic heterocycles. The first kappa shape index (κ1) is 17.9. The van der Waals surface area contributed by atoms with Gasteiger partial charge in [0, 0.05) is 0 Å². The van der Waals surface area contributed by atoms with Gasteiger partial charge in [0.05, 0.1) is 38.5 Å². The fraction of sp³-hybridized carbons (Fsp3) is 0.800. The largest absolute Gasteiger partial charge is 0.483 e. The second-order valence-corrected chi connectivity index (χ2v) is 9.02. The maximum atomic E-state index is 13.2. The maximum absolute atomic E-state index is 13.2. The molecule has 0 aromatic carbocycles. The third-order valence-corrected chi connectivity index (χ3v) is 7.34. The SMILES string of the molecule is COC1=N[C@H]2C3C4C5C3[C@@]2(C(=O)OC(C)C)C(OC)=N[C@@H]5[C@]14C(=O)OC(C)C. The first-order chi connectivity index (χ1) is 13.3. The molecule has 8 heteroatoms. The van der Waals surface area contributed by atoms with Crippen molar-refractivity contribution in [2.75, 3.05) is 14.2 Å². The molecule has 2 heterocycles. The molecule has 0 saturated heterocycles. The number of fused-ring (bicyclic) bond motifs is 2. The summed E-state index contributed by atoms with van der Waals surface area (Å²) in [5, 5.41) is 0. The predicted molar refractivity (Wildman–Crippen MR) is 97.7 cm³/mol. The van der Waals surface area contributed by atoms with Crippen LogP contribution in [0.5, 0.6) is 0 Å². The summed E-state index contributed by atoms with van der Waals surface area (Å²) < 4.78 is 22.4. The summed E-state index contributed by atoms with van der Waals surface area (Å²) >= 11 is 0. The topological polar surface area (TPSA) is 95.8 Å². The summed E-state index contributed by atoms with van der Waals surface area (Å²) in [7, 11) is 3.03. The summed E-state index contributed by atoms with van der Waals surface area (Å²) in [5.41, 5.74) is -2.00. The van der Waals surface area contributed by atoms with Crippen LogP contribution in [0.4, 0.5) is 0 Å². The molecule has 0 radical (unpaired) electrons. The van der Waals surface area contributed by atoms with Crippen LogP contribution in [-0.4, -0.2) is 62.2 Å². The van der Waals surface area contributed by atoms with Gasteiger partial charge >= 0.3 is 11.9 Å². The third kappa shape index (κ3) is 1.55. The van der Waals surface area contributed by atoms with E-state index < -0.39 is 10.8 Å². The van der Waals surface area contributed by atoms with Crippen molar-refractivity contribution in [2.45, 2.75) is 52.0 Å². The Hall–Kier alpha value is -2.12. The summed E-state index contributed by atoms with van der Waals surface area (Å²) in [4.78, 5) is 36.0. The number of hydrogen-bond donors (Lipinski definition) is 0. The first-order valence-electron chi connectivity index (χ1n) is 9.94. The van der Waals surface area contributed by atoms with Crippen molar-refractivity contribution in [3.05, 3.63) is 0 Å². The lowest BCUT2D eigenvalue weighted by Crippen LogP contribution is -2.94. The minimum Gasteiger partial charge on any atom is -0.483 e. The highest BCUT2D eigenvalue weighted by Gasteiger charge is 2.95. The molecule has 8 nitrogen and oxygen atoms in total. The predicted octanol–water partition coefficient (Wildman–Crippen LogP) is 1.22. The van der Waals surface area contributed by atoms with E-state index >= 15 is 0 Å². The molecule has 0 unspecified atom stereocenters. The van der Waals surface area contributed by atoms with Crippen LogP contribution in [0.1, 0.15) is 27.7 Å². The van der Waals surface area contributed by atoms with Gasteiger partial charge in [0.1, 0.15) is 0 Å². The Balaban J connectivity index is 1.65. The van der Waals surface area contributed by atoms with Crippen LogP contribution in [0.25, 0.3) is 0 Å². The zero-order valence-electron chi connectivity index (χ0n) is 17.0. The lowest BCUT2D eigenvalue weighted by Gasteiger charge is -2.83. The standard InChI is InChI=1S/C20H26N2O6/c1-7(2)27-17(23)19-11-9-12-10(11)14(22-15(19)25-5)20(12,18(24)28-8(3)4)16(26-6)21-13(9)19/h7-14H,1-6H3/t9?,10?,11?,12?,13-,14-,19-,20-/m0/s1. The number of nitrogens with zero attached hydrogens (tertiary/aromatic N) is 2. The van der Waals surface area contributed by atoms with Crippen LogP contribution >= 0.6 is 0 Å². The van der Waals surface area contributed by atoms with Gasteiger partial charge in [-0.1, -0.05) is 0 Å². The van der Waals surface area contributed by atoms with Crippen LogP contribution in [0.2, 0.25) is 0 Å². The van der Waals surface area contributed by atoms with Crippen LogP contribution in [-0.2, 0) is 28.5 Å². The Kier molecular flexibility index (Phi) is 3.38. The molecule has 0 spiro atoms. The van der Waals surface area contributed by atoms with E-state index in [1.807, 2.05) is 27.7 Å². The molecule has 3 aliphatic carbocycles. The van der Waals surface area contributed by atoms with E-state index in [4.69, 9.17) is 28.9 Å². The van der Waals surface area contributed by atoms with Crippen molar-refractivity contribution in [1.29, 1.82) is 0 Å². The van der Waals surface area contributed by atoms with Crippen molar-refractivity contribution in [2.24, 2.45) is 44.5 Å². The molecule has 0 bridgehead atoms. The number of carbonyl (C=O) groups is 2. The second kappa shape index (κ2) is 5.27. The average Bonchev–Trinajstić information content (AvgIpc) is 2.55. The summed E-state index contributed by atoms with van der Waals surface area (Å²) in [5.74, 6) is 0.347. The quantitative estimate of drug-likeness (QED) is 0.670. The van der Waals surface area contributed by atoms with E-state index in [9.17, 15) is 9.59 Å². The lowest BCUT2D eigenvalue weighted by atomic mass is 9.20. The van der Waals surface area contributed by atoms with Gasteiger partial charge in [0.15, 0.2) is 10.8 Å². The number of hydrogen-bond acceptors (Lipinski definition) is 8. The van der Waals surface area contributed by atoms with Crippen molar-refractivity contribution in [1.82, 2.24) is 0 Å². The Morgan fingerprint density at radius 2 is 1.14 bits per heavy atom. The highest BCUT2D eigenvalue weighted by molar-refractivity contribution is 6.13. The zero-order valence-corrected chi connectivity index (χ0v) is 17.0. The van der Waals surface area contributed by atoms with Crippen LogP contribution in [0.3, 0.4) is 0 Å². The van der Waals surface area contributed by atoms with E-state index in [0.29, 0.717) is 11.8 Å². The average molecular weight is 390 g/mol. The van der Waals surface area contributed by atoms with Crippen LogP contribution in [0, 0.1) is 34.5 Å². The Labute approximate surface area is 163 Å². The van der Waals surface area contributed by atoms with Gasteiger partial charge in [-0.3, -0.25) is 9.59 Å². The molecule has 0 aromatic rings. The second-order valence-electron chi connectivity index (χ2n) is 9.02. The number of esters is 2. The molecule has 0 N–H and O–H groups in total. The monoisotopic (exact) mass is 390 g/mol. The summed E-state index contributed by atoms with van der Waals surface area (Å²) in [6.07, 6.45) is -0.493. The molecule has 4 atom stereocenters.